The van der Waals surface area contributed by atoms with Crippen molar-refractivity contribution in [2.45, 2.75) is 144 Å². The summed E-state index contributed by atoms with van der Waals surface area (Å²) in [5.41, 5.74) is 7.45. The maximum Gasteiger partial charge on any atom is 0.407 e. The second kappa shape index (κ2) is 17.7. The number of hydrogen-bond acceptors (Lipinski definition) is 8. The van der Waals surface area contributed by atoms with E-state index in [9.17, 15) is 14.4 Å². The van der Waals surface area contributed by atoms with E-state index in [1.54, 1.807) is 0 Å². The molecular weight excluding hydrogens is 584 g/mol. The smallest absolute Gasteiger partial charge is 0.407 e. The van der Waals surface area contributed by atoms with Crippen LogP contribution >= 0.6 is 0 Å². The van der Waals surface area contributed by atoms with E-state index in [1.807, 2.05) is 41.5 Å². The van der Waals surface area contributed by atoms with Crippen molar-refractivity contribution in [1.82, 2.24) is 16.0 Å². The first-order valence-corrected chi connectivity index (χ1v) is 17.5. The number of ether oxygens (including phenoxy) is 3. The first kappa shape index (κ1) is 39.8. The Morgan fingerprint density at radius 1 is 0.978 bits per heavy atom. The highest BCUT2D eigenvalue weighted by molar-refractivity contribution is 5.76. The third kappa shape index (κ3) is 14.6. The van der Waals surface area contributed by atoms with Crippen molar-refractivity contribution in [3.05, 3.63) is 11.4 Å². The number of amides is 2. The fraction of sp³-hybridized carbons (Fsp3) is 0.861. The fourth-order valence-corrected chi connectivity index (χ4v) is 5.82. The zero-order chi connectivity index (χ0) is 34.7. The van der Waals surface area contributed by atoms with Crippen LogP contribution < -0.4 is 21.7 Å². The number of carbonyl (C=O) groups is 3. The van der Waals surface area contributed by atoms with E-state index in [-0.39, 0.29) is 23.6 Å². The zero-order valence-electron chi connectivity index (χ0n) is 30.6. The Balaban J connectivity index is 1.69. The average Bonchev–Trinajstić information content (AvgIpc) is 3.63. The van der Waals surface area contributed by atoms with Crippen molar-refractivity contribution in [2.75, 3.05) is 26.4 Å². The summed E-state index contributed by atoms with van der Waals surface area (Å²) in [7, 11) is 0. The number of alkyl carbamates (subject to hydrolysis) is 1. The molecule has 2 aliphatic carbocycles. The fourth-order valence-electron chi connectivity index (χ4n) is 5.82. The van der Waals surface area contributed by atoms with Crippen LogP contribution in [0.5, 0.6) is 0 Å². The molecule has 0 aromatic heterocycles. The van der Waals surface area contributed by atoms with Crippen molar-refractivity contribution in [3.63, 3.8) is 0 Å². The molecule has 4 unspecified atom stereocenters. The molecule has 0 aromatic carbocycles. The molecule has 0 aromatic rings. The number of aldehydes is 1. The molecule has 5 N–H and O–H groups in total. The molecule has 0 bridgehead atoms. The van der Waals surface area contributed by atoms with Gasteiger partial charge in [-0.1, -0.05) is 27.7 Å². The molecule has 2 rings (SSSR count). The molecule has 0 radical (unpaired) electrons. The van der Waals surface area contributed by atoms with Crippen molar-refractivity contribution in [3.8, 4) is 0 Å². The van der Waals surface area contributed by atoms with Crippen molar-refractivity contribution in [1.29, 1.82) is 0 Å². The lowest BCUT2D eigenvalue weighted by Gasteiger charge is -2.31. The quantitative estimate of drug-likeness (QED) is 0.121. The minimum atomic E-state index is -0.559. The number of hydrogen-bond donors (Lipinski definition) is 4. The molecule has 2 amide bonds. The molecule has 10 nitrogen and oxygen atoms in total. The summed E-state index contributed by atoms with van der Waals surface area (Å²) in [5.74, 6) is 1.93. The van der Waals surface area contributed by atoms with Gasteiger partial charge in [-0.2, -0.15) is 0 Å². The maximum atomic E-state index is 12.5. The standard InChI is InChI=1S/C36H66N4O6/c1-24(2)26(4)39-32(42)16-11-25(3)44-19-18-35(7,8)40-31-15-13-28-27(12-14-30(31)37)29(28)21-45-33(43)38-22-36(9,10)46-20-17-34(5,6)23-41/h23-29,40H,11-22,37H2,1-10H3,(H,38,43)(H,39,42)/b31-30-/t25?,26?,27?,28?,29-/m1/s1. The van der Waals surface area contributed by atoms with Gasteiger partial charge in [0, 0.05) is 54.6 Å². The highest BCUT2D eigenvalue weighted by Gasteiger charge is 2.50. The molecular formula is C36H66N4O6. The third-order valence-corrected chi connectivity index (χ3v) is 9.78. The Labute approximate surface area is 279 Å². The van der Waals surface area contributed by atoms with Gasteiger partial charge < -0.3 is 40.7 Å². The topological polar surface area (TPSA) is 141 Å². The van der Waals surface area contributed by atoms with E-state index in [1.165, 1.54) is 0 Å². The van der Waals surface area contributed by atoms with Crippen LogP contribution in [0.25, 0.3) is 0 Å². The Bertz CT molecular complexity index is 1020. The number of fused-ring (bicyclic) bond motifs is 1. The molecule has 10 heteroatoms. The minimum Gasteiger partial charge on any atom is -0.449 e. The van der Waals surface area contributed by atoms with E-state index in [4.69, 9.17) is 19.9 Å². The third-order valence-electron chi connectivity index (χ3n) is 9.78. The first-order valence-electron chi connectivity index (χ1n) is 17.5. The number of allylic oxidation sites excluding steroid dienone is 2. The molecule has 1 saturated carbocycles. The lowest BCUT2D eigenvalue weighted by molar-refractivity contribution is -0.122. The van der Waals surface area contributed by atoms with Crippen LogP contribution in [-0.4, -0.2) is 67.9 Å². The van der Waals surface area contributed by atoms with Gasteiger partial charge in [0.2, 0.25) is 5.91 Å². The lowest BCUT2D eigenvalue weighted by Crippen LogP contribution is -2.41. The van der Waals surface area contributed by atoms with Crippen molar-refractivity contribution >= 4 is 18.3 Å². The molecule has 1 fully saturated rings. The van der Waals surface area contributed by atoms with Gasteiger partial charge >= 0.3 is 6.09 Å². The number of rotatable bonds is 20. The predicted octanol–water partition coefficient (Wildman–Crippen LogP) is 5.83. The van der Waals surface area contributed by atoms with Gasteiger partial charge in [0.15, 0.2) is 0 Å². The summed E-state index contributed by atoms with van der Waals surface area (Å²) in [5, 5.41) is 9.61. The highest BCUT2D eigenvalue weighted by atomic mass is 16.5. The summed E-state index contributed by atoms with van der Waals surface area (Å²) in [4.78, 5) is 35.8. The summed E-state index contributed by atoms with van der Waals surface area (Å²) >= 11 is 0. The Kier molecular flexibility index (Phi) is 15.3. The average molecular weight is 651 g/mol. The van der Waals surface area contributed by atoms with E-state index in [2.05, 4.69) is 43.6 Å². The molecule has 0 saturated heterocycles. The lowest BCUT2D eigenvalue weighted by atomic mass is 9.92. The maximum absolute atomic E-state index is 12.5. The normalized spacial score (nSPS) is 23.4. The summed E-state index contributed by atoms with van der Waals surface area (Å²) in [6, 6.07) is 0.172. The molecule has 0 spiro atoms. The van der Waals surface area contributed by atoms with E-state index < -0.39 is 17.1 Å². The van der Waals surface area contributed by atoms with Crippen LogP contribution in [0.4, 0.5) is 4.79 Å². The van der Waals surface area contributed by atoms with Gasteiger partial charge in [-0.15, -0.1) is 0 Å². The van der Waals surface area contributed by atoms with Crippen LogP contribution in [-0.2, 0) is 23.8 Å². The van der Waals surface area contributed by atoms with Crippen molar-refractivity contribution < 1.29 is 28.6 Å². The Morgan fingerprint density at radius 3 is 2.26 bits per heavy atom. The molecule has 266 valence electrons. The largest absolute Gasteiger partial charge is 0.449 e. The summed E-state index contributed by atoms with van der Waals surface area (Å²) in [6.07, 6.45) is 6.88. The van der Waals surface area contributed by atoms with Gasteiger partial charge in [0.25, 0.3) is 0 Å². The van der Waals surface area contributed by atoms with Gasteiger partial charge in [0.05, 0.1) is 18.3 Å². The van der Waals surface area contributed by atoms with Crippen LogP contribution in [0.3, 0.4) is 0 Å². The first-order chi connectivity index (χ1) is 21.3. The monoisotopic (exact) mass is 650 g/mol. The molecule has 46 heavy (non-hydrogen) atoms. The molecule has 0 aliphatic heterocycles. The van der Waals surface area contributed by atoms with Crippen LogP contribution in [0, 0.1) is 29.1 Å². The number of nitrogens with one attached hydrogen (secondary N) is 3. The highest BCUT2D eigenvalue weighted by Crippen LogP contribution is 2.53. The second-order valence-electron chi connectivity index (χ2n) is 16.1. The molecule has 0 heterocycles. The van der Waals surface area contributed by atoms with Gasteiger partial charge in [-0.25, -0.2) is 4.79 Å². The van der Waals surface area contributed by atoms with E-state index in [0.717, 1.165) is 49.8 Å². The number of nitrogens with two attached hydrogens (primary N) is 1. The van der Waals surface area contributed by atoms with Gasteiger partial charge in [-0.3, -0.25) is 4.79 Å². The zero-order valence-corrected chi connectivity index (χ0v) is 30.6. The molecule has 5 atom stereocenters. The van der Waals surface area contributed by atoms with Crippen molar-refractivity contribution in [2.24, 2.45) is 34.8 Å². The predicted molar refractivity (Wildman–Crippen MR) is 183 cm³/mol. The van der Waals surface area contributed by atoms with Crippen LogP contribution in [0.1, 0.15) is 121 Å². The molecule has 2 aliphatic rings. The minimum absolute atomic E-state index is 0.0151. The van der Waals surface area contributed by atoms with Gasteiger partial charge in [-0.05, 0) is 110 Å². The second-order valence-corrected chi connectivity index (χ2v) is 16.1. The van der Waals surface area contributed by atoms with Crippen LogP contribution in [0.15, 0.2) is 11.4 Å². The van der Waals surface area contributed by atoms with E-state index >= 15 is 0 Å². The number of carbonyl (C=O) groups excluding carboxylic acids is 3. The SMILES string of the molecule is CC(CCC(=O)NC(C)C(C)C)OCCC(C)(C)N/C1=C(\N)CCC2C(CC1)[C@@H]2COC(=O)NCC(C)(C)OCCC(C)(C)C=O. The Hall–Kier alpha value is -2.33. The Morgan fingerprint density at radius 2 is 1.63 bits per heavy atom. The summed E-state index contributed by atoms with van der Waals surface area (Å²) in [6.45, 7) is 22.0. The van der Waals surface area contributed by atoms with Gasteiger partial charge in [0.1, 0.15) is 6.29 Å². The summed E-state index contributed by atoms with van der Waals surface area (Å²) < 4.78 is 17.6. The van der Waals surface area contributed by atoms with E-state index in [0.29, 0.717) is 69.3 Å². The van der Waals surface area contributed by atoms with Crippen LogP contribution in [0.2, 0.25) is 0 Å².